The summed E-state index contributed by atoms with van der Waals surface area (Å²) < 4.78 is 5.93. The first-order chi connectivity index (χ1) is 35.1. The Bertz CT molecular complexity index is 2080. The van der Waals surface area contributed by atoms with Crippen molar-refractivity contribution in [2.45, 2.75) is 99.9 Å². The van der Waals surface area contributed by atoms with Crippen LogP contribution in [0.3, 0.4) is 0 Å². The molecule has 0 aromatic heterocycles. The van der Waals surface area contributed by atoms with E-state index in [9.17, 15) is 53.7 Å². The number of carboxylic acids is 3. The van der Waals surface area contributed by atoms with Gasteiger partial charge in [0, 0.05) is 82.6 Å². The number of carbonyl (C=O) groups excluding carboxylic acids is 5. The van der Waals surface area contributed by atoms with Gasteiger partial charge in [-0.3, -0.25) is 53.2 Å². The van der Waals surface area contributed by atoms with Crippen LogP contribution >= 0.6 is 11.8 Å². The Kier molecular flexibility index (Phi) is 24.7. The fourth-order valence-electron chi connectivity index (χ4n) is 9.18. The van der Waals surface area contributed by atoms with Crippen LogP contribution in [-0.4, -0.2) is 209 Å². The lowest BCUT2D eigenvalue weighted by molar-refractivity contribution is -0.153. The Morgan fingerprint density at radius 1 is 0.630 bits per heavy atom. The number of fused-ring (bicyclic) bond motifs is 1. The largest absolute Gasteiger partial charge is 0.480 e. The molecule has 0 bridgehead atoms. The van der Waals surface area contributed by atoms with Gasteiger partial charge in [0.05, 0.1) is 38.3 Å². The van der Waals surface area contributed by atoms with Gasteiger partial charge in [0.25, 0.3) is 0 Å². The van der Waals surface area contributed by atoms with E-state index in [0.717, 1.165) is 36.1 Å². The van der Waals surface area contributed by atoms with E-state index in [1.54, 1.807) is 19.6 Å². The Balaban J connectivity index is 1.26. The second-order valence-electron chi connectivity index (χ2n) is 18.8. The SMILES string of the molecule is NCCCCC(NC(=O)CN1CCN(CC(=O)O)CCN(CC(=O)O)CCN(CC(=O)O)CC1)C(=O)NC(Cc1ccccc1)C(=O)NC(Cc1ccccc1)OC(=O)CCCCCC1SCC2NC(=O)NC21. The number of hydrogen-bond acceptors (Lipinski definition) is 15. The maximum Gasteiger partial charge on any atom is 0.317 e. The van der Waals surface area contributed by atoms with E-state index >= 15 is 0 Å². The number of aliphatic carboxylic acids is 3. The second-order valence-corrected chi connectivity index (χ2v) is 20.1. The summed E-state index contributed by atoms with van der Waals surface area (Å²) in [6.07, 6.45) is 3.60. The van der Waals surface area contributed by atoms with E-state index in [4.69, 9.17) is 10.5 Å². The minimum atomic E-state index is -1.17. The molecule has 3 heterocycles. The topological polar surface area (TPSA) is 306 Å². The van der Waals surface area contributed by atoms with Crippen molar-refractivity contribution in [2.75, 3.05) is 90.8 Å². The van der Waals surface area contributed by atoms with Crippen LogP contribution in [0.1, 0.15) is 62.5 Å². The summed E-state index contributed by atoms with van der Waals surface area (Å²) in [5, 5.41) is 43.7. The first kappa shape index (κ1) is 58.0. The molecular formula is C50H74N10O12S. The molecule has 2 aromatic rings. The number of nitrogens with zero attached hydrogens (tertiary/aromatic N) is 4. The molecule has 5 amide bonds. The van der Waals surface area contributed by atoms with Gasteiger partial charge in [-0.2, -0.15) is 11.8 Å². The molecule has 6 atom stereocenters. The fraction of sp³-hybridized carbons (Fsp3) is 0.600. The highest BCUT2D eigenvalue weighted by Crippen LogP contribution is 2.33. The van der Waals surface area contributed by atoms with Crippen molar-refractivity contribution in [1.82, 2.24) is 46.2 Å². The average molecular weight is 1040 g/mol. The minimum Gasteiger partial charge on any atom is -0.480 e. The summed E-state index contributed by atoms with van der Waals surface area (Å²) in [6.45, 7) is 0.764. The maximum atomic E-state index is 14.4. The molecule has 6 unspecified atom stereocenters. The molecule has 23 heteroatoms. The van der Waals surface area contributed by atoms with Gasteiger partial charge in [-0.15, -0.1) is 0 Å². The first-order valence-corrected chi connectivity index (χ1v) is 26.3. The van der Waals surface area contributed by atoms with E-state index in [2.05, 4.69) is 26.6 Å². The maximum absolute atomic E-state index is 14.4. The number of ether oxygens (including phenoxy) is 1. The summed E-state index contributed by atoms with van der Waals surface area (Å²) in [6, 6.07) is 16.2. The summed E-state index contributed by atoms with van der Waals surface area (Å²) in [7, 11) is 0. The van der Waals surface area contributed by atoms with Crippen LogP contribution in [-0.2, 0) is 51.1 Å². The summed E-state index contributed by atoms with van der Waals surface area (Å²) in [5.74, 6) is -4.62. The predicted molar refractivity (Wildman–Crippen MR) is 272 cm³/mol. The zero-order chi connectivity index (χ0) is 52.5. The van der Waals surface area contributed by atoms with E-state index in [-0.39, 0.29) is 122 Å². The first-order valence-electron chi connectivity index (χ1n) is 25.2. The molecule has 10 N–H and O–H groups in total. The van der Waals surface area contributed by atoms with E-state index in [1.165, 1.54) is 0 Å². The molecule has 0 aliphatic carbocycles. The lowest BCUT2D eigenvalue weighted by Crippen LogP contribution is -2.57. The zero-order valence-electron chi connectivity index (χ0n) is 41.5. The third-order valence-electron chi connectivity index (χ3n) is 13.0. The summed E-state index contributed by atoms with van der Waals surface area (Å²) in [4.78, 5) is 110. The molecule has 3 aliphatic rings. The third-order valence-corrected chi connectivity index (χ3v) is 14.5. The van der Waals surface area contributed by atoms with Crippen LogP contribution < -0.4 is 32.3 Å². The number of rotatable bonds is 28. The molecule has 22 nitrogen and oxygen atoms in total. The Morgan fingerprint density at radius 2 is 1.15 bits per heavy atom. The smallest absolute Gasteiger partial charge is 0.317 e. The number of esters is 1. The monoisotopic (exact) mass is 1040 g/mol. The Morgan fingerprint density at radius 3 is 1.68 bits per heavy atom. The number of benzene rings is 2. The van der Waals surface area contributed by atoms with Gasteiger partial charge in [0.15, 0.2) is 6.23 Å². The van der Waals surface area contributed by atoms with Crippen molar-refractivity contribution in [3.63, 3.8) is 0 Å². The Hall–Kier alpha value is -5.85. The van der Waals surface area contributed by atoms with Gasteiger partial charge in [0.2, 0.25) is 17.7 Å². The van der Waals surface area contributed by atoms with Crippen LogP contribution in [0.25, 0.3) is 0 Å². The number of nitrogens with one attached hydrogen (secondary N) is 5. The molecule has 0 spiro atoms. The Labute approximate surface area is 430 Å². The van der Waals surface area contributed by atoms with Crippen molar-refractivity contribution in [3.05, 3.63) is 71.8 Å². The molecule has 73 heavy (non-hydrogen) atoms. The fourth-order valence-corrected chi connectivity index (χ4v) is 10.7. The van der Waals surface area contributed by atoms with Crippen molar-refractivity contribution in [3.8, 4) is 0 Å². The standard InChI is InChI=1S/C50H74N10O12S/c51-19-11-10-16-37(52-41(61)30-57-20-22-58(31-43(62)63)24-26-60(33-45(66)67)27-25-59(23-21-57)32-44(64)65)48(69)53-38(28-35-12-4-1-5-13-35)49(70)55-42(29-36-14-6-2-7-15-36)72-46(68)18-9-3-8-17-40-47-39(34-73-40)54-50(71)56-47/h1-2,4-7,12-15,37-40,42,47H,3,8-11,16-34,51H2,(H,52,61)(H,53,69)(H,55,70)(H,62,63)(H,64,65)(H,66,67)(H2,54,56,71). The average Bonchev–Trinajstić information content (AvgIpc) is 3.90. The molecule has 3 aliphatic heterocycles. The van der Waals surface area contributed by atoms with Crippen LogP contribution in [0, 0.1) is 0 Å². The molecule has 5 rings (SSSR count). The van der Waals surface area contributed by atoms with Crippen LogP contribution in [0.15, 0.2) is 60.7 Å². The molecule has 2 aromatic carbocycles. The van der Waals surface area contributed by atoms with Gasteiger partial charge in [-0.05, 0) is 49.8 Å². The van der Waals surface area contributed by atoms with Crippen LogP contribution in [0.2, 0.25) is 0 Å². The van der Waals surface area contributed by atoms with E-state index < -0.39 is 59.9 Å². The number of amides is 5. The second kappa shape index (κ2) is 31.0. The predicted octanol–water partition coefficient (Wildman–Crippen LogP) is 0.147. The van der Waals surface area contributed by atoms with Crippen molar-refractivity contribution >= 4 is 59.4 Å². The van der Waals surface area contributed by atoms with Crippen molar-refractivity contribution in [1.29, 1.82) is 0 Å². The van der Waals surface area contributed by atoms with Crippen LogP contribution in [0.5, 0.6) is 0 Å². The van der Waals surface area contributed by atoms with Gasteiger partial charge < -0.3 is 52.4 Å². The third kappa shape index (κ3) is 21.6. The molecule has 3 fully saturated rings. The normalized spacial score (nSPS) is 20.4. The van der Waals surface area contributed by atoms with E-state index in [0.29, 0.717) is 31.1 Å². The number of hydrogen-bond donors (Lipinski definition) is 9. The van der Waals surface area contributed by atoms with E-state index in [1.807, 2.05) is 72.4 Å². The number of unbranched alkanes of at least 4 members (excludes halogenated alkanes) is 3. The highest BCUT2D eigenvalue weighted by Gasteiger charge is 2.42. The lowest BCUT2D eigenvalue weighted by atomic mass is 10.0. The van der Waals surface area contributed by atoms with Crippen molar-refractivity contribution in [2.24, 2.45) is 5.73 Å². The van der Waals surface area contributed by atoms with Crippen LogP contribution in [0.4, 0.5) is 4.79 Å². The van der Waals surface area contributed by atoms with Gasteiger partial charge >= 0.3 is 29.9 Å². The number of urea groups is 1. The number of nitrogens with two attached hydrogens (primary N) is 1. The lowest BCUT2D eigenvalue weighted by Gasteiger charge is -2.33. The minimum absolute atomic E-state index is 0.0655. The summed E-state index contributed by atoms with van der Waals surface area (Å²) >= 11 is 1.84. The molecule has 0 saturated carbocycles. The quantitative estimate of drug-likeness (QED) is 0.0237. The van der Waals surface area contributed by atoms with Gasteiger partial charge in [-0.25, -0.2) is 4.79 Å². The number of carbonyl (C=O) groups is 8. The molecule has 0 radical (unpaired) electrons. The van der Waals surface area contributed by atoms with Gasteiger partial charge in [-0.1, -0.05) is 73.5 Å². The number of carboxylic acid groups (broad SMARTS) is 3. The molecule has 402 valence electrons. The molecular weight excluding hydrogens is 965 g/mol. The zero-order valence-corrected chi connectivity index (χ0v) is 42.3. The highest BCUT2D eigenvalue weighted by molar-refractivity contribution is 8.00. The summed E-state index contributed by atoms with van der Waals surface area (Å²) in [5.41, 5.74) is 7.36. The van der Waals surface area contributed by atoms with Crippen molar-refractivity contribution < 1.29 is 58.4 Å². The molecule has 3 saturated heterocycles. The highest BCUT2D eigenvalue weighted by atomic mass is 32.2. The number of thioether (sulfide) groups is 1. The van der Waals surface area contributed by atoms with Gasteiger partial charge in [0.1, 0.15) is 12.1 Å².